The predicted octanol–water partition coefficient (Wildman–Crippen LogP) is 2.32. The highest BCUT2D eigenvalue weighted by atomic mass is 16.2. The lowest BCUT2D eigenvalue weighted by Crippen LogP contribution is -2.39. The van der Waals surface area contributed by atoms with E-state index in [1.165, 1.54) is 19.3 Å². The Hall–Kier alpha value is -0.0800. The van der Waals surface area contributed by atoms with Crippen LogP contribution >= 0.6 is 0 Å². The number of hydrogen-bond donors (Lipinski definition) is 2. The summed E-state index contributed by atoms with van der Waals surface area (Å²) in [6.07, 6.45) is 5.71. The van der Waals surface area contributed by atoms with Crippen LogP contribution in [-0.2, 0) is 0 Å². The molecule has 0 heterocycles. The van der Waals surface area contributed by atoms with Crippen molar-refractivity contribution in [3.63, 3.8) is 0 Å². The SMILES string of the molecule is CCCC(C)(C)NCCCCCO. The quantitative estimate of drug-likeness (QED) is 0.572. The Morgan fingerprint density at radius 2 is 1.85 bits per heavy atom. The average Bonchev–Trinajstić information content (AvgIpc) is 2.04. The fraction of sp³-hybridized carbons (Fsp3) is 1.00. The number of nitrogens with one attached hydrogen (secondary N) is 1. The average molecular weight is 187 g/mol. The van der Waals surface area contributed by atoms with Gasteiger partial charge in [-0.25, -0.2) is 0 Å². The van der Waals surface area contributed by atoms with Crippen LogP contribution in [0.1, 0.15) is 52.9 Å². The van der Waals surface area contributed by atoms with Crippen LogP contribution < -0.4 is 5.32 Å². The highest BCUT2D eigenvalue weighted by molar-refractivity contribution is 4.76. The van der Waals surface area contributed by atoms with Gasteiger partial charge in [-0.3, -0.25) is 0 Å². The topological polar surface area (TPSA) is 32.3 Å². The second-order valence-corrected chi connectivity index (χ2v) is 4.34. The molecule has 0 rings (SSSR count). The molecule has 0 radical (unpaired) electrons. The molecule has 2 N–H and O–H groups in total. The lowest BCUT2D eigenvalue weighted by Gasteiger charge is -2.25. The molecule has 80 valence electrons. The van der Waals surface area contributed by atoms with Gasteiger partial charge in [0.05, 0.1) is 0 Å². The van der Waals surface area contributed by atoms with Crippen molar-refractivity contribution in [2.24, 2.45) is 0 Å². The zero-order valence-corrected chi connectivity index (χ0v) is 9.40. The molecule has 2 heteroatoms. The number of aliphatic hydroxyl groups is 1. The number of aliphatic hydroxyl groups excluding tert-OH is 1. The van der Waals surface area contributed by atoms with Crippen molar-refractivity contribution >= 4 is 0 Å². The summed E-state index contributed by atoms with van der Waals surface area (Å²) in [5.41, 5.74) is 0.286. The normalized spacial score (nSPS) is 12.0. The van der Waals surface area contributed by atoms with E-state index < -0.39 is 0 Å². The molecular formula is C11H25NO. The maximum Gasteiger partial charge on any atom is 0.0431 e. The van der Waals surface area contributed by atoms with Gasteiger partial charge < -0.3 is 10.4 Å². The summed E-state index contributed by atoms with van der Waals surface area (Å²) in [4.78, 5) is 0. The zero-order chi connectivity index (χ0) is 10.2. The van der Waals surface area contributed by atoms with Crippen LogP contribution in [-0.4, -0.2) is 23.8 Å². The molecule has 13 heavy (non-hydrogen) atoms. The first-order valence-electron chi connectivity index (χ1n) is 5.48. The number of hydrogen-bond acceptors (Lipinski definition) is 2. The van der Waals surface area contributed by atoms with E-state index in [9.17, 15) is 0 Å². The van der Waals surface area contributed by atoms with Crippen molar-refractivity contribution < 1.29 is 5.11 Å². The largest absolute Gasteiger partial charge is 0.396 e. The minimum atomic E-state index is 0.286. The standard InChI is InChI=1S/C11H25NO/c1-4-8-11(2,3)12-9-6-5-7-10-13/h12-13H,4-10H2,1-3H3. The minimum Gasteiger partial charge on any atom is -0.396 e. The maximum atomic E-state index is 8.59. The van der Waals surface area contributed by atoms with Gasteiger partial charge >= 0.3 is 0 Å². The predicted molar refractivity (Wildman–Crippen MR) is 57.9 cm³/mol. The van der Waals surface area contributed by atoms with Gasteiger partial charge in [0, 0.05) is 12.1 Å². The van der Waals surface area contributed by atoms with Crippen molar-refractivity contribution in [2.75, 3.05) is 13.2 Å². The third-order valence-corrected chi connectivity index (χ3v) is 2.31. The minimum absolute atomic E-state index is 0.286. The summed E-state index contributed by atoms with van der Waals surface area (Å²) >= 11 is 0. The Labute approximate surface area is 82.7 Å². The van der Waals surface area contributed by atoms with Crippen molar-refractivity contribution in [3.05, 3.63) is 0 Å². The summed E-state index contributed by atoms with van der Waals surface area (Å²) in [6.45, 7) is 8.13. The van der Waals surface area contributed by atoms with Gasteiger partial charge in [-0.05, 0) is 46.1 Å². The lowest BCUT2D eigenvalue weighted by molar-refractivity contribution is 0.280. The summed E-state index contributed by atoms with van der Waals surface area (Å²) in [7, 11) is 0. The number of rotatable bonds is 8. The first kappa shape index (κ1) is 12.9. The molecule has 0 spiro atoms. The molecule has 0 aromatic heterocycles. The Morgan fingerprint density at radius 3 is 2.38 bits per heavy atom. The first-order valence-corrected chi connectivity index (χ1v) is 5.48. The molecule has 0 bridgehead atoms. The maximum absolute atomic E-state index is 8.59. The van der Waals surface area contributed by atoms with E-state index >= 15 is 0 Å². The molecule has 0 aliphatic carbocycles. The highest BCUT2D eigenvalue weighted by Crippen LogP contribution is 2.10. The third-order valence-electron chi connectivity index (χ3n) is 2.31. The van der Waals surface area contributed by atoms with E-state index in [2.05, 4.69) is 26.1 Å². The molecule has 0 atom stereocenters. The van der Waals surface area contributed by atoms with E-state index in [-0.39, 0.29) is 5.54 Å². The molecule has 0 aromatic carbocycles. The van der Waals surface area contributed by atoms with Crippen molar-refractivity contribution in [3.8, 4) is 0 Å². The summed E-state index contributed by atoms with van der Waals surface area (Å²) in [5, 5.41) is 12.1. The van der Waals surface area contributed by atoms with Gasteiger partial charge in [-0.1, -0.05) is 13.3 Å². The summed E-state index contributed by atoms with van der Waals surface area (Å²) < 4.78 is 0. The monoisotopic (exact) mass is 187 g/mol. The molecule has 2 nitrogen and oxygen atoms in total. The van der Waals surface area contributed by atoms with Gasteiger partial charge in [-0.2, -0.15) is 0 Å². The van der Waals surface area contributed by atoms with Crippen LogP contribution in [0.4, 0.5) is 0 Å². The summed E-state index contributed by atoms with van der Waals surface area (Å²) in [6, 6.07) is 0. The Morgan fingerprint density at radius 1 is 1.15 bits per heavy atom. The summed E-state index contributed by atoms with van der Waals surface area (Å²) in [5.74, 6) is 0. The molecule has 0 saturated heterocycles. The Bertz CT molecular complexity index is 113. The van der Waals surface area contributed by atoms with Gasteiger partial charge in [0.1, 0.15) is 0 Å². The smallest absolute Gasteiger partial charge is 0.0431 e. The Kier molecular flexibility index (Phi) is 7.29. The van der Waals surface area contributed by atoms with Crippen LogP contribution in [0.3, 0.4) is 0 Å². The van der Waals surface area contributed by atoms with Crippen LogP contribution in [0, 0.1) is 0 Å². The van der Waals surface area contributed by atoms with E-state index in [1.807, 2.05) is 0 Å². The lowest BCUT2D eigenvalue weighted by atomic mass is 9.99. The second kappa shape index (κ2) is 7.34. The molecule has 0 amide bonds. The van der Waals surface area contributed by atoms with E-state index in [0.29, 0.717) is 6.61 Å². The van der Waals surface area contributed by atoms with Crippen LogP contribution in [0.5, 0.6) is 0 Å². The van der Waals surface area contributed by atoms with Crippen LogP contribution in [0.25, 0.3) is 0 Å². The molecule has 0 aliphatic rings. The Balaban J connectivity index is 3.29. The third kappa shape index (κ3) is 8.26. The molecule has 0 aliphatic heterocycles. The van der Waals surface area contributed by atoms with Crippen molar-refractivity contribution in [1.82, 2.24) is 5.32 Å². The second-order valence-electron chi connectivity index (χ2n) is 4.34. The molecule has 0 saturated carbocycles. The number of unbranched alkanes of at least 4 members (excludes halogenated alkanes) is 2. The highest BCUT2D eigenvalue weighted by Gasteiger charge is 2.13. The van der Waals surface area contributed by atoms with Gasteiger partial charge in [0.15, 0.2) is 0 Å². The fourth-order valence-corrected chi connectivity index (χ4v) is 1.55. The fourth-order valence-electron chi connectivity index (χ4n) is 1.55. The molecule has 0 fully saturated rings. The van der Waals surface area contributed by atoms with Crippen LogP contribution in [0.15, 0.2) is 0 Å². The van der Waals surface area contributed by atoms with E-state index in [4.69, 9.17) is 5.11 Å². The van der Waals surface area contributed by atoms with Gasteiger partial charge in [0.25, 0.3) is 0 Å². The first-order chi connectivity index (χ1) is 6.12. The molecule has 0 unspecified atom stereocenters. The van der Waals surface area contributed by atoms with E-state index in [1.54, 1.807) is 0 Å². The zero-order valence-electron chi connectivity index (χ0n) is 9.40. The van der Waals surface area contributed by atoms with Crippen LogP contribution in [0.2, 0.25) is 0 Å². The van der Waals surface area contributed by atoms with Crippen molar-refractivity contribution in [1.29, 1.82) is 0 Å². The van der Waals surface area contributed by atoms with Crippen molar-refractivity contribution in [2.45, 2.75) is 58.4 Å². The van der Waals surface area contributed by atoms with E-state index in [0.717, 1.165) is 19.4 Å². The van der Waals surface area contributed by atoms with Gasteiger partial charge in [-0.15, -0.1) is 0 Å². The van der Waals surface area contributed by atoms with Gasteiger partial charge in [0.2, 0.25) is 0 Å². The molecular weight excluding hydrogens is 162 g/mol. The molecule has 0 aromatic rings.